The molecule has 3 heterocycles. The van der Waals surface area contributed by atoms with Gasteiger partial charge in [0.15, 0.2) is 5.13 Å². The smallest absolute Gasteiger partial charge is 0.323 e. The van der Waals surface area contributed by atoms with Crippen molar-refractivity contribution in [2.75, 3.05) is 51.3 Å². The fraction of sp³-hybridized carbons (Fsp3) is 0.800. The molecule has 0 radical (unpaired) electrons. The summed E-state index contributed by atoms with van der Waals surface area (Å²) < 4.78 is 5.45. The van der Waals surface area contributed by atoms with E-state index in [0.717, 1.165) is 63.4 Å². The minimum absolute atomic E-state index is 0.00428. The van der Waals surface area contributed by atoms with Crippen molar-refractivity contribution in [2.24, 2.45) is 5.92 Å². The van der Waals surface area contributed by atoms with Crippen LogP contribution < -0.4 is 5.32 Å². The lowest BCUT2D eigenvalue weighted by Gasteiger charge is -2.37. The number of hydrogen-bond donors (Lipinski definition) is 1. The summed E-state index contributed by atoms with van der Waals surface area (Å²) in [5.41, 5.74) is 1.32. The zero-order valence-electron chi connectivity index (χ0n) is 16.6. The first kappa shape index (κ1) is 19.2. The Labute approximate surface area is 166 Å². The molecular weight excluding hydrogens is 360 g/mol. The summed E-state index contributed by atoms with van der Waals surface area (Å²) in [5.74, 6) is 0.754. The first-order valence-corrected chi connectivity index (χ1v) is 11.2. The molecule has 2 saturated heterocycles. The number of fused-ring (bicyclic) bond motifs is 1. The van der Waals surface area contributed by atoms with Crippen LogP contribution in [-0.4, -0.2) is 66.8 Å². The van der Waals surface area contributed by atoms with Gasteiger partial charge in [-0.25, -0.2) is 9.78 Å². The maximum Gasteiger partial charge on any atom is 0.323 e. The molecule has 150 valence electrons. The van der Waals surface area contributed by atoms with Gasteiger partial charge in [-0.1, -0.05) is 13.8 Å². The Balaban J connectivity index is 1.28. The summed E-state index contributed by atoms with van der Waals surface area (Å²) in [4.78, 5) is 23.2. The molecule has 6 nitrogen and oxygen atoms in total. The minimum atomic E-state index is 0.00428. The molecule has 1 N–H and O–H groups in total. The number of amides is 2. The number of aromatic nitrogens is 1. The van der Waals surface area contributed by atoms with E-state index >= 15 is 0 Å². The normalized spacial score (nSPS) is 23.9. The predicted molar refractivity (Wildman–Crippen MR) is 109 cm³/mol. The molecule has 0 aromatic carbocycles. The number of aryl methyl sites for hydroxylation is 1. The van der Waals surface area contributed by atoms with Crippen molar-refractivity contribution in [3.05, 3.63) is 10.6 Å². The zero-order chi connectivity index (χ0) is 18.9. The van der Waals surface area contributed by atoms with Gasteiger partial charge in [0.05, 0.1) is 5.69 Å². The summed E-state index contributed by atoms with van der Waals surface area (Å²) in [7, 11) is 0. The highest BCUT2D eigenvalue weighted by molar-refractivity contribution is 7.15. The van der Waals surface area contributed by atoms with Crippen LogP contribution in [0.15, 0.2) is 0 Å². The number of thiazole rings is 1. The van der Waals surface area contributed by atoms with Crippen molar-refractivity contribution in [2.45, 2.75) is 51.4 Å². The average Bonchev–Trinajstić information content (AvgIpc) is 3.07. The Kier molecular flexibility index (Phi) is 5.71. The van der Waals surface area contributed by atoms with Gasteiger partial charge < -0.3 is 9.64 Å². The second-order valence-corrected chi connectivity index (χ2v) is 9.89. The molecule has 3 aliphatic rings. The molecule has 0 atom stereocenters. The highest BCUT2D eigenvalue weighted by atomic mass is 32.1. The van der Waals surface area contributed by atoms with Crippen LogP contribution in [0.5, 0.6) is 0 Å². The van der Waals surface area contributed by atoms with Gasteiger partial charge in [0.25, 0.3) is 0 Å². The highest BCUT2D eigenvalue weighted by Gasteiger charge is 2.32. The van der Waals surface area contributed by atoms with Crippen LogP contribution in [0.2, 0.25) is 0 Å². The number of piperazine rings is 1. The van der Waals surface area contributed by atoms with E-state index in [1.807, 2.05) is 4.90 Å². The summed E-state index contributed by atoms with van der Waals surface area (Å²) >= 11 is 1.66. The number of nitrogens with zero attached hydrogens (tertiary/aromatic N) is 3. The Morgan fingerprint density at radius 2 is 2.00 bits per heavy atom. The first-order valence-electron chi connectivity index (χ1n) is 10.4. The second-order valence-electron chi connectivity index (χ2n) is 8.80. The monoisotopic (exact) mass is 392 g/mol. The van der Waals surface area contributed by atoms with E-state index in [9.17, 15) is 4.79 Å². The van der Waals surface area contributed by atoms with E-state index in [4.69, 9.17) is 9.72 Å². The Morgan fingerprint density at radius 1 is 1.26 bits per heavy atom. The molecule has 7 heteroatoms. The molecule has 4 rings (SSSR count). The van der Waals surface area contributed by atoms with Crippen molar-refractivity contribution in [1.82, 2.24) is 14.8 Å². The first-order chi connectivity index (χ1) is 13.0. The fourth-order valence-corrected chi connectivity index (χ4v) is 5.68. The van der Waals surface area contributed by atoms with Crippen molar-refractivity contribution in [3.63, 3.8) is 0 Å². The number of carbonyl (C=O) groups excluding carboxylic acids is 1. The maximum absolute atomic E-state index is 12.7. The van der Waals surface area contributed by atoms with E-state index < -0.39 is 0 Å². The Bertz CT molecular complexity index is 661. The lowest BCUT2D eigenvalue weighted by Crippen LogP contribution is -2.51. The number of hydrogen-bond acceptors (Lipinski definition) is 5. The minimum Gasteiger partial charge on any atom is -0.381 e. The van der Waals surface area contributed by atoms with E-state index in [1.165, 1.54) is 36.3 Å². The van der Waals surface area contributed by atoms with Gasteiger partial charge >= 0.3 is 6.03 Å². The van der Waals surface area contributed by atoms with Gasteiger partial charge in [-0.3, -0.25) is 10.2 Å². The number of urea groups is 1. The van der Waals surface area contributed by atoms with Crippen molar-refractivity contribution >= 4 is 22.5 Å². The summed E-state index contributed by atoms with van der Waals surface area (Å²) in [6, 6.07) is 0.00428. The van der Waals surface area contributed by atoms with Crippen LogP contribution in [0.3, 0.4) is 0 Å². The van der Waals surface area contributed by atoms with Crippen molar-refractivity contribution < 1.29 is 9.53 Å². The predicted octanol–water partition coefficient (Wildman–Crippen LogP) is 3.33. The molecule has 1 aromatic rings. The van der Waals surface area contributed by atoms with Gasteiger partial charge in [0.2, 0.25) is 0 Å². The SMILES string of the molecule is CC1(C)CCCc2sc(NC(=O)N3CCN(CC4CCOCC4)CC3)nc21. The molecular formula is C20H32N4O2S. The zero-order valence-corrected chi connectivity index (χ0v) is 17.4. The molecule has 0 spiro atoms. The quantitative estimate of drug-likeness (QED) is 0.857. The van der Waals surface area contributed by atoms with E-state index in [0.29, 0.717) is 0 Å². The third kappa shape index (κ3) is 4.46. The lowest BCUT2D eigenvalue weighted by molar-refractivity contribution is 0.0457. The molecule has 2 amide bonds. The van der Waals surface area contributed by atoms with Crippen LogP contribution in [0, 0.1) is 5.92 Å². The number of anilines is 1. The van der Waals surface area contributed by atoms with Crippen molar-refractivity contribution in [3.8, 4) is 0 Å². The number of ether oxygens (including phenoxy) is 1. The van der Waals surface area contributed by atoms with Crippen LogP contribution in [0.25, 0.3) is 0 Å². The van der Waals surface area contributed by atoms with Gasteiger partial charge in [-0.15, -0.1) is 11.3 Å². The van der Waals surface area contributed by atoms with Crippen LogP contribution in [0.1, 0.15) is 50.1 Å². The molecule has 0 saturated carbocycles. The largest absolute Gasteiger partial charge is 0.381 e. The second kappa shape index (κ2) is 8.05. The number of carbonyl (C=O) groups is 1. The Morgan fingerprint density at radius 3 is 2.70 bits per heavy atom. The average molecular weight is 393 g/mol. The van der Waals surface area contributed by atoms with Crippen LogP contribution >= 0.6 is 11.3 Å². The molecule has 2 fully saturated rings. The third-order valence-electron chi connectivity index (χ3n) is 6.27. The summed E-state index contributed by atoms with van der Waals surface area (Å²) in [6.45, 7) is 11.0. The number of rotatable bonds is 3. The Hall–Kier alpha value is -1.18. The number of nitrogens with one attached hydrogen (secondary N) is 1. The van der Waals surface area contributed by atoms with E-state index in [-0.39, 0.29) is 11.4 Å². The molecule has 0 unspecified atom stereocenters. The van der Waals surface area contributed by atoms with Gasteiger partial charge in [-0.2, -0.15) is 0 Å². The fourth-order valence-electron chi connectivity index (χ4n) is 4.51. The molecule has 2 aliphatic heterocycles. The van der Waals surface area contributed by atoms with Gasteiger partial charge in [-0.05, 0) is 38.0 Å². The highest BCUT2D eigenvalue weighted by Crippen LogP contribution is 2.40. The van der Waals surface area contributed by atoms with Crippen molar-refractivity contribution in [1.29, 1.82) is 0 Å². The topological polar surface area (TPSA) is 57.7 Å². The molecule has 0 bridgehead atoms. The van der Waals surface area contributed by atoms with E-state index in [2.05, 4.69) is 24.1 Å². The summed E-state index contributed by atoms with van der Waals surface area (Å²) in [5, 5.41) is 3.83. The third-order valence-corrected chi connectivity index (χ3v) is 7.31. The van der Waals surface area contributed by atoms with Gasteiger partial charge in [0.1, 0.15) is 0 Å². The molecule has 1 aliphatic carbocycles. The van der Waals surface area contributed by atoms with Crippen LogP contribution in [0.4, 0.5) is 9.93 Å². The lowest BCUT2D eigenvalue weighted by atomic mass is 9.79. The maximum atomic E-state index is 12.7. The standard InChI is InChI=1S/C20H32N4O2S/c1-20(2)7-3-4-16-17(20)21-18(27-16)22-19(25)24-10-8-23(9-11-24)14-15-5-12-26-13-6-15/h15H,3-14H2,1-2H3,(H,21,22,25). The van der Waals surface area contributed by atoms with Gasteiger partial charge in [0, 0.05) is 56.2 Å². The molecule has 1 aromatic heterocycles. The summed E-state index contributed by atoms with van der Waals surface area (Å²) in [6.07, 6.45) is 5.82. The molecule has 27 heavy (non-hydrogen) atoms. The van der Waals surface area contributed by atoms with E-state index in [1.54, 1.807) is 11.3 Å². The van der Waals surface area contributed by atoms with Crippen LogP contribution in [-0.2, 0) is 16.6 Å².